The minimum Gasteiger partial charge on any atom is -0.480 e. The van der Waals surface area contributed by atoms with E-state index in [1.807, 2.05) is 48.5 Å². The van der Waals surface area contributed by atoms with Crippen LogP contribution in [0.1, 0.15) is 53.7 Å². The number of carboxylic acid groups (broad SMARTS) is 1. The smallest absolute Gasteiger partial charge is 0.407 e. The molecule has 9 heteroatoms. The number of hydrogen-bond donors (Lipinski definition) is 2. The number of hydrogen-bond acceptors (Lipinski definition) is 5. The van der Waals surface area contributed by atoms with Crippen LogP contribution in [-0.2, 0) is 20.7 Å². The zero-order chi connectivity index (χ0) is 27.6. The van der Waals surface area contributed by atoms with Crippen molar-refractivity contribution in [2.75, 3.05) is 6.61 Å². The van der Waals surface area contributed by atoms with Gasteiger partial charge in [-0.2, -0.15) is 0 Å². The summed E-state index contributed by atoms with van der Waals surface area (Å²) in [5.41, 5.74) is 2.16. The van der Waals surface area contributed by atoms with Crippen LogP contribution in [0.15, 0.2) is 60.7 Å². The number of alkyl carbamates (subject to hydrolysis) is 1. The Morgan fingerprint density at radius 2 is 1.47 bits per heavy atom. The van der Waals surface area contributed by atoms with Gasteiger partial charge in [-0.25, -0.2) is 23.2 Å². The number of nitrogens with one attached hydrogen (secondary N) is 1. The van der Waals surface area contributed by atoms with Crippen molar-refractivity contribution in [3.8, 4) is 11.1 Å². The number of fused-ring (bicyclic) bond motifs is 3. The minimum absolute atomic E-state index is 0.0277. The number of aliphatic carboxylic acids is 1. The van der Waals surface area contributed by atoms with Gasteiger partial charge in [0.1, 0.15) is 35.4 Å². The minimum atomic E-state index is -1.53. The third-order valence-electron chi connectivity index (χ3n) is 6.08. The van der Waals surface area contributed by atoms with Gasteiger partial charge in [0.25, 0.3) is 0 Å². The molecule has 0 saturated heterocycles. The first-order chi connectivity index (χ1) is 17.9. The first kappa shape index (κ1) is 26.8. The number of amides is 1. The van der Waals surface area contributed by atoms with Crippen molar-refractivity contribution >= 4 is 18.0 Å². The Kier molecular flexibility index (Phi) is 7.48. The fourth-order valence-electron chi connectivity index (χ4n) is 4.49. The van der Waals surface area contributed by atoms with Crippen LogP contribution < -0.4 is 5.32 Å². The number of carbonyl (C=O) groups excluding carboxylic acids is 2. The van der Waals surface area contributed by atoms with Gasteiger partial charge in [0.05, 0.1) is 0 Å². The van der Waals surface area contributed by atoms with E-state index in [1.165, 1.54) is 0 Å². The molecular weight excluding hydrogens is 496 g/mol. The maximum absolute atomic E-state index is 14.6. The Bertz CT molecular complexity index is 1330. The molecule has 3 aromatic carbocycles. The van der Waals surface area contributed by atoms with Crippen LogP contribution in [0.3, 0.4) is 0 Å². The highest BCUT2D eigenvalue weighted by Crippen LogP contribution is 2.44. The Morgan fingerprint density at radius 3 is 1.97 bits per heavy atom. The van der Waals surface area contributed by atoms with Gasteiger partial charge in [-0.15, -0.1) is 0 Å². The summed E-state index contributed by atoms with van der Waals surface area (Å²) in [6.07, 6.45) is -1.42. The third kappa shape index (κ3) is 5.82. The maximum atomic E-state index is 14.6. The number of carboxylic acids is 1. The summed E-state index contributed by atoms with van der Waals surface area (Å²) in [4.78, 5) is 36.5. The van der Waals surface area contributed by atoms with Crippen LogP contribution in [0.2, 0.25) is 0 Å². The van der Waals surface area contributed by atoms with E-state index in [4.69, 9.17) is 9.47 Å². The van der Waals surface area contributed by atoms with Crippen molar-refractivity contribution in [1.82, 2.24) is 5.32 Å². The molecule has 0 saturated carbocycles. The zero-order valence-corrected chi connectivity index (χ0v) is 21.1. The van der Waals surface area contributed by atoms with E-state index in [0.29, 0.717) is 0 Å². The standard InChI is InChI=1S/C29H27F2NO6/c1-29(2,3)38-27(35)25-22(30)12-16(13-23(25)31)14-24(26(33)34)32-28(36)37-15-21-19-10-6-4-8-17(19)18-9-5-7-11-20(18)21/h4-13,21,24H,14-15H2,1-3H3,(H,32,36)(H,33,34)/t24-/m0/s1. The number of carbonyl (C=O) groups is 3. The molecule has 0 aromatic heterocycles. The van der Waals surface area contributed by atoms with Gasteiger partial charge in [0, 0.05) is 12.3 Å². The lowest BCUT2D eigenvalue weighted by Gasteiger charge is -2.20. The van der Waals surface area contributed by atoms with Crippen LogP contribution >= 0.6 is 0 Å². The summed E-state index contributed by atoms with van der Waals surface area (Å²) in [6.45, 7) is 4.64. The van der Waals surface area contributed by atoms with E-state index < -0.39 is 53.3 Å². The van der Waals surface area contributed by atoms with Crippen molar-refractivity contribution in [3.05, 3.63) is 94.6 Å². The van der Waals surface area contributed by atoms with Gasteiger partial charge < -0.3 is 19.9 Å². The van der Waals surface area contributed by atoms with Crippen molar-refractivity contribution < 1.29 is 37.7 Å². The molecule has 0 bridgehead atoms. The summed E-state index contributed by atoms with van der Waals surface area (Å²) in [6, 6.07) is 15.7. The normalized spacial score (nSPS) is 13.3. The van der Waals surface area contributed by atoms with E-state index >= 15 is 0 Å². The van der Waals surface area contributed by atoms with Crippen LogP contribution in [0.5, 0.6) is 0 Å². The third-order valence-corrected chi connectivity index (χ3v) is 6.08. The number of rotatable bonds is 7. The predicted molar refractivity (Wildman–Crippen MR) is 135 cm³/mol. The van der Waals surface area contributed by atoms with Crippen LogP contribution in [-0.4, -0.2) is 41.4 Å². The number of halogens is 2. The van der Waals surface area contributed by atoms with Gasteiger partial charge >= 0.3 is 18.0 Å². The van der Waals surface area contributed by atoms with Gasteiger partial charge in [0.15, 0.2) is 0 Å². The lowest BCUT2D eigenvalue weighted by molar-refractivity contribution is -0.139. The molecule has 1 aliphatic rings. The molecule has 1 atom stereocenters. The van der Waals surface area contributed by atoms with Crippen LogP contribution in [0.25, 0.3) is 11.1 Å². The highest BCUT2D eigenvalue weighted by atomic mass is 19.1. The number of ether oxygens (including phenoxy) is 2. The molecule has 0 unspecified atom stereocenters. The molecule has 0 aliphatic heterocycles. The molecule has 38 heavy (non-hydrogen) atoms. The first-order valence-corrected chi connectivity index (χ1v) is 12.0. The van der Waals surface area contributed by atoms with E-state index in [2.05, 4.69) is 5.32 Å². The van der Waals surface area contributed by atoms with E-state index in [1.54, 1.807) is 20.8 Å². The summed E-state index contributed by atoms with van der Waals surface area (Å²) in [5, 5.41) is 11.8. The Labute approximate surface area is 218 Å². The molecule has 1 aliphatic carbocycles. The predicted octanol–water partition coefficient (Wildman–Crippen LogP) is 5.45. The summed E-state index contributed by atoms with van der Waals surface area (Å²) < 4.78 is 39.6. The summed E-state index contributed by atoms with van der Waals surface area (Å²) >= 11 is 0. The average molecular weight is 524 g/mol. The second-order valence-electron chi connectivity index (χ2n) is 10.0. The molecule has 198 valence electrons. The second-order valence-corrected chi connectivity index (χ2v) is 10.0. The van der Waals surface area contributed by atoms with E-state index in [0.717, 1.165) is 34.4 Å². The Balaban J connectivity index is 1.43. The summed E-state index contributed by atoms with van der Waals surface area (Å²) in [5.74, 6) is -5.21. The topological polar surface area (TPSA) is 102 Å². The highest BCUT2D eigenvalue weighted by molar-refractivity contribution is 5.90. The van der Waals surface area contributed by atoms with Crippen molar-refractivity contribution in [2.24, 2.45) is 0 Å². The Morgan fingerprint density at radius 1 is 0.947 bits per heavy atom. The molecule has 0 heterocycles. The summed E-state index contributed by atoms with van der Waals surface area (Å²) in [7, 11) is 0. The van der Waals surface area contributed by atoms with Crippen LogP contribution in [0.4, 0.5) is 13.6 Å². The maximum Gasteiger partial charge on any atom is 0.407 e. The lowest BCUT2D eigenvalue weighted by Crippen LogP contribution is -2.43. The van der Waals surface area contributed by atoms with Gasteiger partial charge in [-0.3, -0.25) is 0 Å². The quantitative estimate of drug-likeness (QED) is 0.399. The van der Waals surface area contributed by atoms with Crippen molar-refractivity contribution in [3.63, 3.8) is 0 Å². The molecule has 0 radical (unpaired) electrons. The fraction of sp³-hybridized carbons (Fsp3) is 0.276. The zero-order valence-electron chi connectivity index (χ0n) is 21.1. The Hall–Kier alpha value is -4.27. The average Bonchev–Trinajstić information content (AvgIpc) is 3.14. The molecule has 1 amide bonds. The fourth-order valence-corrected chi connectivity index (χ4v) is 4.49. The molecule has 2 N–H and O–H groups in total. The molecule has 7 nitrogen and oxygen atoms in total. The van der Waals surface area contributed by atoms with E-state index in [-0.39, 0.29) is 18.1 Å². The number of benzene rings is 3. The van der Waals surface area contributed by atoms with Gasteiger partial charge in [-0.1, -0.05) is 48.5 Å². The second kappa shape index (κ2) is 10.6. The highest BCUT2D eigenvalue weighted by Gasteiger charge is 2.30. The first-order valence-electron chi connectivity index (χ1n) is 12.0. The van der Waals surface area contributed by atoms with Gasteiger partial charge in [0.2, 0.25) is 0 Å². The van der Waals surface area contributed by atoms with Crippen molar-refractivity contribution in [1.29, 1.82) is 0 Å². The molecule has 4 rings (SSSR count). The molecular formula is C29H27F2NO6. The molecule has 3 aromatic rings. The molecule has 0 spiro atoms. The van der Waals surface area contributed by atoms with Crippen molar-refractivity contribution in [2.45, 2.75) is 44.8 Å². The van der Waals surface area contributed by atoms with Gasteiger partial charge in [-0.05, 0) is 60.7 Å². The monoisotopic (exact) mass is 523 g/mol. The largest absolute Gasteiger partial charge is 0.480 e. The lowest BCUT2D eigenvalue weighted by atomic mass is 9.98. The number of esters is 1. The van der Waals surface area contributed by atoms with Crippen LogP contribution in [0, 0.1) is 11.6 Å². The SMILES string of the molecule is CC(C)(C)OC(=O)c1c(F)cc(C[C@H](NC(=O)OCC2c3ccccc3-c3ccccc32)C(=O)O)cc1F. The molecule has 0 fully saturated rings. The van der Waals surface area contributed by atoms with E-state index in [9.17, 15) is 28.3 Å².